The van der Waals surface area contributed by atoms with Gasteiger partial charge in [-0.3, -0.25) is 4.79 Å². The first kappa shape index (κ1) is 18.9. The van der Waals surface area contributed by atoms with E-state index in [0.717, 1.165) is 18.8 Å². The average Bonchev–Trinajstić information content (AvgIpc) is 3.23. The maximum atomic E-state index is 12.4. The summed E-state index contributed by atoms with van der Waals surface area (Å²) >= 11 is 0. The normalized spacial score (nSPS) is 15.0. The number of aromatic nitrogens is 4. The number of hydrogen-bond acceptors (Lipinski definition) is 6. The van der Waals surface area contributed by atoms with Crippen LogP contribution in [0.1, 0.15) is 26.2 Å². The molecule has 3 aromatic rings. The number of benzene rings is 1. The van der Waals surface area contributed by atoms with E-state index in [1.807, 2.05) is 42.7 Å². The Morgan fingerprint density at radius 1 is 1.07 bits per heavy atom. The van der Waals surface area contributed by atoms with Crippen LogP contribution in [0.2, 0.25) is 0 Å². The lowest BCUT2D eigenvalue weighted by molar-refractivity contribution is -0.122. The summed E-state index contributed by atoms with van der Waals surface area (Å²) in [6.45, 7) is 3.79. The number of anilines is 2. The number of nitrogens with one attached hydrogen (secondary N) is 1. The van der Waals surface area contributed by atoms with E-state index in [9.17, 15) is 4.79 Å². The minimum atomic E-state index is -0.638. The molecule has 0 bridgehead atoms. The predicted molar refractivity (Wildman–Crippen MR) is 110 cm³/mol. The molecule has 0 unspecified atom stereocenters. The summed E-state index contributed by atoms with van der Waals surface area (Å²) in [6.07, 6.45) is 9.95. The van der Waals surface area contributed by atoms with E-state index >= 15 is 0 Å². The predicted octanol–water partition coefficient (Wildman–Crippen LogP) is 3.06. The van der Waals surface area contributed by atoms with Crippen LogP contribution in [0.3, 0.4) is 0 Å². The van der Waals surface area contributed by atoms with Crippen molar-refractivity contribution in [3.63, 3.8) is 0 Å². The smallest absolute Gasteiger partial charge is 0.265 e. The first-order chi connectivity index (χ1) is 14.2. The van der Waals surface area contributed by atoms with Gasteiger partial charge in [0.2, 0.25) is 0 Å². The van der Waals surface area contributed by atoms with Crippen LogP contribution in [0, 0.1) is 0 Å². The van der Waals surface area contributed by atoms with Gasteiger partial charge in [-0.25, -0.2) is 14.6 Å². The van der Waals surface area contributed by atoms with Gasteiger partial charge in [-0.15, -0.1) is 0 Å². The fraction of sp³-hybridized carbons (Fsp3) is 0.333. The molecule has 1 aliphatic heterocycles. The quantitative estimate of drug-likeness (QED) is 0.694. The van der Waals surface area contributed by atoms with Crippen molar-refractivity contribution >= 4 is 17.3 Å². The van der Waals surface area contributed by atoms with Gasteiger partial charge in [0.15, 0.2) is 6.10 Å². The number of hydrogen-bond donors (Lipinski definition) is 1. The number of ether oxygens (including phenoxy) is 1. The zero-order valence-electron chi connectivity index (χ0n) is 16.4. The van der Waals surface area contributed by atoms with Crippen LogP contribution >= 0.6 is 0 Å². The van der Waals surface area contributed by atoms with E-state index in [4.69, 9.17) is 4.74 Å². The second kappa shape index (κ2) is 8.72. The van der Waals surface area contributed by atoms with Crippen molar-refractivity contribution in [1.82, 2.24) is 19.7 Å². The number of amides is 1. The number of piperidine rings is 1. The van der Waals surface area contributed by atoms with Crippen molar-refractivity contribution in [1.29, 1.82) is 0 Å². The van der Waals surface area contributed by atoms with E-state index < -0.39 is 6.10 Å². The van der Waals surface area contributed by atoms with Crippen LogP contribution in [0.25, 0.3) is 5.95 Å². The van der Waals surface area contributed by atoms with E-state index in [1.165, 1.54) is 23.9 Å². The molecule has 0 saturated carbocycles. The van der Waals surface area contributed by atoms with Gasteiger partial charge in [0.1, 0.15) is 5.75 Å². The third-order valence-corrected chi connectivity index (χ3v) is 4.83. The van der Waals surface area contributed by atoms with E-state index in [-0.39, 0.29) is 5.91 Å². The molecule has 1 saturated heterocycles. The van der Waals surface area contributed by atoms with E-state index in [2.05, 4.69) is 25.3 Å². The molecular formula is C21H24N6O2. The summed E-state index contributed by atoms with van der Waals surface area (Å²) in [5.41, 5.74) is 1.59. The molecular weight excluding hydrogens is 368 g/mol. The molecule has 8 nitrogen and oxygen atoms in total. The SMILES string of the molecule is C[C@H](Oc1ccccc1)C(=O)Nc1cnn(-c2ncc(N3CCCCC3)cn2)c1. The minimum Gasteiger partial charge on any atom is -0.481 e. The van der Waals surface area contributed by atoms with Gasteiger partial charge in [-0.05, 0) is 38.3 Å². The zero-order chi connectivity index (χ0) is 20.1. The molecule has 1 amide bonds. The molecule has 0 aliphatic carbocycles. The topological polar surface area (TPSA) is 85.2 Å². The molecule has 8 heteroatoms. The first-order valence-corrected chi connectivity index (χ1v) is 9.84. The van der Waals surface area contributed by atoms with Crippen LogP contribution in [-0.2, 0) is 4.79 Å². The van der Waals surface area contributed by atoms with Crippen molar-refractivity contribution in [2.24, 2.45) is 0 Å². The van der Waals surface area contributed by atoms with Crippen molar-refractivity contribution < 1.29 is 9.53 Å². The molecule has 0 radical (unpaired) electrons. The summed E-state index contributed by atoms with van der Waals surface area (Å²) in [5, 5.41) is 7.05. The summed E-state index contributed by atoms with van der Waals surface area (Å²) in [6, 6.07) is 9.24. The van der Waals surface area contributed by atoms with Crippen molar-refractivity contribution in [3.8, 4) is 11.7 Å². The Labute approximate surface area is 169 Å². The second-order valence-corrected chi connectivity index (χ2v) is 7.02. The lowest BCUT2D eigenvalue weighted by Crippen LogP contribution is -2.30. The maximum Gasteiger partial charge on any atom is 0.265 e. The number of carbonyl (C=O) groups excluding carboxylic acids is 1. The summed E-state index contributed by atoms with van der Waals surface area (Å²) in [7, 11) is 0. The molecule has 1 aromatic carbocycles. The van der Waals surface area contributed by atoms with E-state index in [1.54, 1.807) is 19.3 Å². The Kier molecular flexibility index (Phi) is 5.69. The summed E-state index contributed by atoms with van der Waals surface area (Å²) < 4.78 is 7.18. The van der Waals surface area contributed by atoms with Crippen molar-refractivity contribution in [2.45, 2.75) is 32.3 Å². The Hall–Kier alpha value is -3.42. The van der Waals surface area contributed by atoms with Gasteiger partial charge in [0, 0.05) is 13.1 Å². The Morgan fingerprint density at radius 2 is 1.79 bits per heavy atom. The third-order valence-electron chi connectivity index (χ3n) is 4.83. The molecule has 1 aliphatic rings. The number of para-hydroxylation sites is 1. The molecule has 0 spiro atoms. The molecule has 2 aromatic heterocycles. The van der Waals surface area contributed by atoms with Gasteiger partial charge in [-0.1, -0.05) is 18.2 Å². The number of rotatable bonds is 6. The van der Waals surface area contributed by atoms with Crippen molar-refractivity contribution in [3.05, 3.63) is 55.1 Å². The highest BCUT2D eigenvalue weighted by Gasteiger charge is 2.16. The lowest BCUT2D eigenvalue weighted by atomic mass is 10.1. The third kappa shape index (κ3) is 4.71. The van der Waals surface area contributed by atoms with Gasteiger partial charge < -0.3 is 15.0 Å². The zero-order valence-corrected chi connectivity index (χ0v) is 16.4. The van der Waals surface area contributed by atoms with Crippen molar-refractivity contribution in [2.75, 3.05) is 23.3 Å². The largest absolute Gasteiger partial charge is 0.481 e. The lowest BCUT2D eigenvalue weighted by Gasteiger charge is -2.28. The van der Waals surface area contributed by atoms with Gasteiger partial charge in [0.05, 0.1) is 36.2 Å². The fourth-order valence-electron chi connectivity index (χ4n) is 3.25. The average molecular weight is 392 g/mol. The molecule has 150 valence electrons. The van der Waals surface area contributed by atoms with Crippen LogP contribution in [0.5, 0.6) is 5.75 Å². The molecule has 1 fully saturated rings. The number of carbonyl (C=O) groups is 1. The first-order valence-electron chi connectivity index (χ1n) is 9.84. The van der Waals surface area contributed by atoms with E-state index in [0.29, 0.717) is 17.4 Å². The standard InChI is InChI=1S/C21H24N6O2/c1-16(29-19-8-4-2-5-9-19)20(28)25-17-12-24-27(15-17)21-22-13-18(14-23-21)26-10-6-3-7-11-26/h2,4-5,8-9,12-16H,3,6-7,10-11H2,1H3,(H,25,28)/t16-/m0/s1. The molecule has 3 heterocycles. The summed E-state index contributed by atoms with van der Waals surface area (Å²) in [4.78, 5) is 23.5. The highest BCUT2D eigenvalue weighted by atomic mass is 16.5. The molecule has 29 heavy (non-hydrogen) atoms. The minimum absolute atomic E-state index is 0.255. The maximum absolute atomic E-state index is 12.4. The molecule has 1 N–H and O–H groups in total. The Bertz CT molecular complexity index is 935. The molecule has 1 atom stereocenters. The van der Waals surface area contributed by atoms with Crippen LogP contribution in [0.4, 0.5) is 11.4 Å². The monoisotopic (exact) mass is 392 g/mol. The highest BCUT2D eigenvalue weighted by molar-refractivity contribution is 5.93. The highest BCUT2D eigenvalue weighted by Crippen LogP contribution is 2.19. The van der Waals surface area contributed by atoms with Crippen LogP contribution in [-0.4, -0.2) is 44.8 Å². The van der Waals surface area contributed by atoms with Crippen LogP contribution in [0.15, 0.2) is 55.1 Å². The fourth-order valence-corrected chi connectivity index (χ4v) is 3.25. The Balaban J connectivity index is 1.37. The number of nitrogens with zero attached hydrogens (tertiary/aromatic N) is 5. The summed E-state index contributed by atoms with van der Waals surface area (Å²) in [5.74, 6) is 0.850. The van der Waals surface area contributed by atoms with Gasteiger partial charge in [-0.2, -0.15) is 5.10 Å². The Morgan fingerprint density at radius 3 is 2.52 bits per heavy atom. The molecule has 4 rings (SSSR count). The van der Waals surface area contributed by atoms with Gasteiger partial charge in [0.25, 0.3) is 11.9 Å². The van der Waals surface area contributed by atoms with Gasteiger partial charge >= 0.3 is 0 Å². The van der Waals surface area contributed by atoms with Crippen LogP contribution < -0.4 is 15.0 Å². The second-order valence-electron chi connectivity index (χ2n) is 7.02.